The Hall–Kier alpha value is -3.89. The maximum absolute atomic E-state index is 14.0. The van der Waals surface area contributed by atoms with Crippen molar-refractivity contribution in [2.45, 2.75) is 44.8 Å². The number of benzene rings is 2. The molecular weight excluding hydrogens is 542 g/mol. The van der Waals surface area contributed by atoms with Crippen molar-refractivity contribution in [1.29, 1.82) is 0 Å². The quantitative estimate of drug-likeness (QED) is 0.323. The molecule has 3 aromatic rings. The van der Waals surface area contributed by atoms with Crippen LogP contribution in [0.4, 0.5) is 5.69 Å². The summed E-state index contributed by atoms with van der Waals surface area (Å²) >= 11 is 1.29. The number of methoxy groups -OCH3 is 2. The Labute approximate surface area is 244 Å². The van der Waals surface area contributed by atoms with E-state index in [1.54, 1.807) is 35.7 Å². The Balaban J connectivity index is 1.73. The molecule has 1 aliphatic heterocycles. The molecule has 0 unspecified atom stereocenters. The zero-order valence-corrected chi connectivity index (χ0v) is 24.7. The third-order valence-corrected chi connectivity index (χ3v) is 7.88. The number of carbonyl (C=O) groups is 3. The highest BCUT2D eigenvalue weighted by Gasteiger charge is 2.34. The van der Waals surface area contributed by atoms with Crippen LogP contribution in [0.1, 0.15) is 59.4 Å². The second-order valence-corrected chi connectivity index (χ2v) is 11.0. The van der Waals surface area contributed by atoms with Gasteiger partial charge in [0.25, 0.3) is 5.91 Å². The molecule has 218 valence electrons. The first-order valence-electron chi connectivity index (χ1n) is 13.7. The Bertz CT molecular complexity index is 1320. The van der Waals surface area contributed by atoms with Gasteiger partial charge in [0.05, 0.1) is 31.7 Å². The van der Waals surface area contributed by atoms with Gasteiger partial charge in [-0.2, -0.15) is 0 Å². The molecule has 0 radical (unpaired) electrons. The van der Waals surface area contributed by atoms with Crippen LogP contribution in [0.25, 0.3) is 0 Å². The maximum Gasteiger partial charge on any atom is 0.261 e. The highest BCUT2D eigenvalue weighted by atomic mass is 32.1. The van der Waals surface area contributed by atoms with Crippen LogP contribution in [-0.4, -0.2) is 57.7 Å². The van der Waals surface area contributed by atoms with Gasteiger partial charge in [-0.25, -0.2) is 0 Å². The topological polar surface area (TPSA) is 106 Å². The molecule has 10 heteroatoms. The molecular formula is C31H37N3O6S. The first-order valence-corrected chi connectivity index (χ1v) is 14.5. The minimum atomic E-state index is -1.06. The number of amides is 3. The van der Waals surface area contributed by atoms with Crippen LogP contribution >= 0.6 is 11.3 Å². The van der Waals surface area contributed by atoms with Gasteiger partial charge in [-0.3, -0.25) is 19.3 Å². The lowest BCUT2D eigenvalue weighted by Crippen LogP contribution is -2.48. The molecule has 2 aromatic carbocycles. The number of carbonyl (C=O) groups excluding carboxylic acids is 3. The smallest absolute Gasteiger partial charge is 0.261 e. The number of nitrogens with zero attached hydrogens (tertiary/aromatic N) is 1. The normalized spacial score (nSPS) is 15.3. The zero-order valence-electron chi connectivity index (χ0n) is 23.8. The van der Waals surface area contributed by atoms with E-state index in [2.05, 4.69) is 24.5 Å². The van der Waals surface area contributed by atoms with Crippen molar-refractivity contribution in [3.05, 3.63) is 76.0 Å². The first kappa shape index (κ1) is 30.1. The highest BCUT2D eigenvalue weighted by Crippen LogP contribution is 2.35. The van der Waals surface area contributed by atoms with Crippen molar-refractivity contribution in [3.63, 3.8) is 0 Å². The summed E-state index contributed by atoms with van der Waals surface area (Å²) in [6.45, 7) is 4.86. The zero-order chi connectivity index (χ0) is 29.4. The molecule has 0 aliphatic carbocycles. The van der Waals surface area contributed by atoms with E-state index in [0.29, 0.717) is 40.8 Å². The summed E-state index contributed by atoms with van der Waals surface area (Å²) in [6, 6.07) is 15.1. The van der Waals surface area contributed by atoms with E-state index in [0.717, 1.165) is 18.4 Å². The van der Waals surface area contributed by atoms with Gasteiger partial charge >= 0.3 is 0 Å². The Morgan fingerprint density at radius 1 is 1.00 bits per heavy atom. The van der Waals surface area contributed by atoms with Crippen LogP contribution in [-0.2, 0) is 14.3 Å². The lowest BCUT2D eigenvalue weighted by atomic mass is 10.00. The van der Waals surface area contributed by atoms with Gasteiger partial charge in [-0.05, 0) is 65.6 Å². The fraction of sp³-hybridized carbons (Fsp3) is 0.387. The molecule has 0 spiro atoms. The van der Waals surface area contributed by atoms with Crippen molar-refractivity contribution < 1.29 is 28.6 Å². The molecule has 9 nitrogen and oxygen atoms in total. The Morgan fingerprint density at radius 3 is 2.34 bits per heavy atom. The second kappa shape index (κ2) is 14.1. The fourth-order valence-electron chi connectivity index (χ4n) is 4.75. The second-order valence-electron chi connectivity index (χ2n) is 10.1. The molecule has 4 rings (SSSR count). The van der Waals surface area contributed by atoms with E-state index in [1.165, 1.54) is 30.5 Å². The van der Waals surface area contributed by atoms with Gasteiger partial charge in [0.2, 0.25) is 11.8 Å². The number of hydrogen-bond acceptors (Lipinski definition) is 7. The molecule has 1 aliphatic rings. The number of anilines is 1. The average Bonchev–Trinajstić information content (AvgIpc) is 3.72. The van der Waals surface area contributed by atoms with Gasteiger partial charge in [-0.15, -0.1) is 11.3 Å². The lowest BCUT2D eigenvalue weighted by Gasteiger charge is -2.32. The van der Waals surface area contributed by atoms with Gasteiger partial charge in [0, 0.05) is 18.8 Å². The summed E-state index contributed by atoms with van der Waals surface area (Å²) < 4.78 is 16.6. The van der Waals surface area contributed by atoms with Crippen LogP contribution in [0.3, 0.4) is 0 Å². The summed E-state index contributed by atoms with van der Waals surface area (Å²) in [4.78, 5) is 42.5. The third-order valence-electron chi connectivity index (χ3n) is 7.01. The predicted molar refractivity (Wildman–Crippen MR) is 159 cm³/mol. The summed E-state index contributed by atoms with van der Waals surface area (Å²) in [7, 11) is 3.05. The lowest BCUT2D eigenvalue weighted by molar-refractivity contribution is -0.126. The molecule has 1 aromatic heterocycles. The number of ether oxygens (including phenoxy) is 3. The van der Waals surface area contributed by atoms with E-state index >= 15 is 0 Å². The van der Waals surface area contributed by atoms with Crippen LogP contribution in [0, 0.1) is 0 Å². The number of thiophene rings is 1. The molecule has 41 heavy (non-hydrogen) atoms. The molecule has 2 atom stereocenters. The van der Waals surface area contributed by atoms with Crippen LogP contribution in [0.5, 0.6) is 11.5 Å². The molecule has 1 saturated heterocycles. The summed E-state index contributed by atoms with van der Waals surface area (Å²) in [5.41, 5.74) is 2.15. The van der Waals surface area contributed by atoms with Gasteiger partial charge < -0.3 is 24.8 Å². The van der Waals surface area contributed by atoms with Gasteiger partial charge in [0.1, 0.15) is 6.04 Å². The minimum absolute atomic E-state index is 0.0791. The van der Waals surface area contributed by atoms with Gasteiger partial charge in [0.15, 0.2) is 11.5 Å². The average molecular weight is 580 g/mol. The molecule has 3 amide bonds. The first-order chi connectivity index (χ1) is 19.8. The summed E-state index contributed by atoms with van der Waals surface area (Å²) in [5.74, 6) is 0.0362. The summed E-state index contributed by atoms with van der Waals surface area (Å²) in [5, 5.41) is 7.50. The Morgan fingerprint density at radius 2 is 1.73 bits per heavy atom. The van der Waals surface area contributed by atoms with Crippen molar-refractivity contribution in [2.75, 3.05) is 38.8 Å². The van der Waals surface area contributed by atoms with Crippen LogP contribution < -0.4 is 25.0 Å². The van der Waals surface area contributed by atoms with E-state index in [-0.39, 0.29) is 30.4 Å². The van der Waals surface area contributed by atoms with Gasteiger partial charge in [-0.1, -0.05) is 38.1 Å². The van der Waals surface area contributed by atoms with Crippen LogP contribution in [0.2, 0.25) is 0 Å². The van der Waals surface area contributed by atoms with Crippen molar-refractivity contribution in [2.24, 2.45) is 0 Å². The molecule has 0 bridgehead atoms. The molecule has 2 heterocycles. The van der Waals surface area contributed by atoms with E-state index in [9.17, 15) is 14.4 Å². The van der Waals surface area contributed by atoms with E-state index in [1.807, 2.05) is 24.3 Å². The van der Waals surface area contributed by atoms with E-state index < -0.39 is 11.9 Å². The number of hydrogen-bond donors (Lipinski definition) is 2. The largest absolute Gasteiger partial charge is 0.493 e. The van der Waals surface area contributed by atoms with E-state index in [4.69, 9.17) is 14.2 Å². The standard InChI is InChI=1S/C31H37N3O6S/c1-20(2)21-9-12-23(13-10-21)34(28(35)19-33-30(36)27-8-6-16-41-27)29(31(37)32-18-24-7-5-15-40-24)22-11-14-25(38-3)26(17-22)39-4/h6,8-14,16-17,20,24,29H,5,7,15,18-19H2,1-4H3,(H,32,37)(H,33,36)/t24-,29-/m0/s1. The SMILES string of the molecule is COc1ccc([C@@H](C(=O)NC[C@@H]2CCCO2)N(C(=O)CNC(=O)c2cccs2)c2ccc(C(C)C)cc2)cc1OC. The highest BCUT2D eigenvalue weighted by molar-refractivity contribution is 7.12. The Kier molecular flexibility index (Phi) is 10.4. The number of rotatable bonds is 12. The monoisotopic (exact) mass is 579 g/mol. The molecule has 2 N–H and O–H groups in total. The maximum atomic E-state index is 14.0. The van der Waals surface area contributed by atoms with Crippen molar-refractivity contribution >= 4 is 34.7 Å². The number of nitrogens with one attached hydrogen (secondary N) is 2. The minimum Gasteiger partial charge on any atom is -0.493 e. The fourth-order valence-corrected chi connectivity index (χ4v) is 5.39. The predicted octanol–water partition coefficient (Wildman–Crippen LogP) is 4.69. The third kappa shape index (κ3) is 7.45. The molecule has 1 fully saturated rings. The van der Waals surface area contributed by atoms with Crippen molar-refractivity contribution in [1.82, 2.24) is 10.6 Å². The summed E-state index contributed by atoms with van der Waals surface area (Å²) in [6.07, 6.45) is 1.72. The molecule has 0 saturated carbocycles. The van der Waals surface area contributed by atoms with Crippen LogP contribution in [0.15, 0.2) is 60.0 Å². The van der Waals surface area contributed by atoms with Crippen molar-refractivity contribution in [3.8, 4) is 11.5 Å².